The lowest BCUT2D eigenvalue weighted by Gasteiger charge is -2.07. The third-order valence-corrected chi connectivity index (χ3v) is 2.13. The molecule has 0 unspecified atom stereocenters. The van der Waals surface area contributed by atoms with Gasteiger partial charge in [-0.15, -0.1) is 0 Å². The van der Waals surface area contributed by atoms with E-state index < -0.39 is 0 Å². The maximum absolute atomic E-state index is 11.7. The highest BCUT2D eigenvalue weighted by molar-refractivity contribution is 5.96. The molecule has 0 atom stereocenters. The summed E-state index contributed by atoms with van der Waals surface area (Å²) >= 11 is 0. The summed E-state index contributed by atoms with van der Waals surface area (Å²) in [4.78, 5) is 11.7. The summed E-state index contributed by atoms with van der Waals surface area (Å²) in [5.41, 5.74) is 1.24. The van der Waals surface area contributed by atoms with Gasteiger partial charge in [0.15, 0.2) is 0 Å². The number of aryl methyl sites for hydroxylation is 1. The fraction of sp³-hybridized carbons (Fsp3) is 0.417. The lowest BCUT2D eigenvalue weighted by Crippen LogP contribution is -2.27. The Balaban J connectivity index is 2.55. The number of carbonyl (C=O) groups is 1. The molecule has 88 valence electrons. The van der Waals surface area contributed by atoms with Gasteiger partial charge in [-0.25, -0.2) is 0 Å². The molecule has 0 aliphatic rings. The van der Waals surface area contributed by atoms with Crippen molar-refractivity contribution in [2.75, 3.05) is 19.8 Å². The minimum atomic E-state index is -0.277. The van der Waals surface area contributed by atoms with Crippen LogP contribution in [-0.4, -0.2) is 30.8 Å². The van der Waals surface area contributed by atoms with Gasteiger partial charge in [-0.2, -0.15) is 0 Å². The van der Waals surface area contributed by atoms with E-state index in [1.807, 2.05) is 13.8 Å². The Morgan fingerprint density at radius 1 is 1.50 bits per heavy atom. The Bertz CT molecular complexity index is 363. The summed E-state index contributed by atoms with van der Waals surface area (Å²) in [6.45, 7) is 5.32. The molecule has 0 saturated heterocycles. The van der Waals surface area contributed by atoms with E-state index in [1.165, 1.54) is 6.07 Å². The van der Waals surface area contributed by atoms with Crippen LogP contribution in [0.15, 0.2) is 18.2 Å². The van der Waals surface area contributed by atoms with Crippen LogP contribution in [0.25, 0.3) is 0 Å². The Kier molecular flexibility index (Phi) is 4.79. The first-order valence-electron chi connectivity index (χ1n) is 5.30. The molecule has 0 aliphatic heterocycles. The van der Waals surface area contributed by atoms with E-state index >= 15 is 0 Å². The van der Waals surface area contributed by atoms with Crippen LogP contribution < -0.4 is 5.32 Å². The molecule has 2 N–H and O–H groups in total. The number of amides is 1. The summed E-state index contributed by atoms with van der Waals surface area (Å²) in [7, 11) is 0. The number of rotatable bonds is 5. The molecule has 1 aromatic carbocycles. The second-order valence-corrected chi connectivity index (χ2v) is 3.47. The van der Waals surface area contributed by atoms with E-state index in [2.05, 4.69) is 5.32 Å². The van der Waals surface area contributed by atoms with Crippen LogP contribution in [0.5, 0.6) is 5.75 Å². The van der Waals surface area contributed by atoms with E-state index in [-0.39, 0.29) is 11.7 Å². The Morgan fingerprint density at radius 3 is 2.94 bits per heavy atom. The fourth-order valence-corrected chi connectivity index (χ4v) is 1.31. The number of benzene rings is 1. The first-order valence-corrected chi connectivity index (χ1v) is 5.30. The van der Waals surface area contributed by atoms with Gasteiger partial charge in [-0.1, -0.05) is 11.6 Å². The lowest BCUT2D eigenvalue weighted by molar-refractivity contribution is 0.0920. The topological polar surface area (TPSA) is 58.6 Å². The molecule has 0 saturated carbocycles. The Labute approximate surface area is 95.2 Å². The van der Waals surface area contributed by atoms with Crippen LogP contribution in [0.2, 0.25) is 0 Å². The number of hydrogen-bond donors (Lipinski definition) is 2. The van der Waals surface area contributed by atoms with Crippen LogP contribution in [0.3, 0.4) is 0 Å². The molecule has 16 heavy (non-hydrogen) atoms. The average Bonchev–Trinajstić information content (AvgIpc) is 2.27. The molecule has 4 heteroatoms. The molecule has 0 aromatic heterocycles. The fourth-order valence-electron chi connectivity index (χ4n) is 1.31. The van der Waals surface area contributed by atoms with Gasteiger partial charge in [0.25, 0.3) is 5.91 Å². The maximum atomic E-state index is 11.7. The summed E-state index contributed by atoms with van der Waals surface area (Å²) in [6.07, 6.45) is 0. The maximum Gasteiger partial charge on any atom is 0.255 e. The number of hydrogen-bond acceptors (Lipinski definition) is 3. The average molecular weight is 223 g/mol. The second-order valence-electron chi connectivity index (χ2n) is 3.47. The van der Waals surface area contributed by atoms with Gasteiger partial charge in [0.1, 0.15) is 5.75 Å². The van der Waals surface area contributed by atoms with E-state index in [0.717, 1.165) is 5.56 Å². The molecule has 1 aromatic rings. The van der Waals surface area contributed by atoms with Gasteiger partial charge in [-0.05, 0) is 26.0 Å². The van der Waals surface area contributed by atoms with Crippen LogP contribution >= 0.6 is 0 Å². The van der Waals surface area contributed by atoms with Crippen molar-refractivity contribution in [1.29, 1.82) is 0 Å². The Hall–Kier alpha value is -1.55. The minimum Gasteiger partial charge on any atom is -0.507 e. The molecule has 4 nitrogen and oxygen atoms in total. The predicted octanol–water partition coefficient (Wildman–Crippen LogP) is 1.47. The molecule has 0 heterocycles. The van der Waals surface area contributed by atoms with Crippen molar-refractivity contribution in [2.45, 2.75) is 13.8 Å². The minimum absolute atomic E-state index is 0.000454. The van der Waals surface area contributed by atoms with E-state index in [9.17, 15) is 9.90 Å². The molecule has 1 amide bonds. The number of carbonyl (C=O) groups excluding carboxylic acids is 1. The molecular weight excluding hydrogens is 206 g/mol. The third-order valence-electron chi connectivity index (χ3n) is 2.13. The largest absolute Gasteiger partial charge is 0.507 e. The summed E-state index contributed by atoms with van der Waals surface area (Å²) in [6, 6.07) is 4.93. The standard InChI is InChI=1S/C12H17NO3/c1-3-16-7-6-13-12(15)10-8-9(2)4-5-11(10)14/h4-5,8,14H,3,6-7H2,1-2H3,(H,13,15). The van der Waals surface area contributed by atoms with Gasteiger partial charge in [0.2, 0.25) is 0 Å². The highest BCUT2D eigenvalue weighted by Crippen LogP contribution is 2.17. The zero-order valence-electron chi connectivity index (χ0n) is 9.62. The van der Waals surface area contributed by atoms with Gasteiger partial charge < -0.3 is 15.2 Å². The molecule has 0 aliphatic carbocycles. The molecule has 0 bridgehead atoms. The number of nitrogens with one attached hydrogen (secondary N) is 1. The van der Waals surface area contributed by atoms with Crippen LogP contribution in [0.1, 0.15) is 22.8 Å². The lowest BCUT2D eigenvalue weighted by atomic mass is 10.1. The van der Waals surface area contributed by atoms with Crippen molar-refractivity contribution in [3.63, 3.8) is 0 Å². The normalized spacial score (nSPS) is 10.1. The first kappa shape index (κ1) is 12.5. The van der Waals surface area contributed by atoms with Crippen molar-refractivity contribution in [1.82, 2.24) is 5.32 Å². The zero-order chi connectivity index (χ0) is 12.0. The van der Waals surface area contributed by atoms with Crippen molar-refractivity contribution in [2.24, 2.45) is 0 Å². The number of ether oxygens (including phenoxy) is 1. The smallest absolute Gasteiger partial charge is 0.255 e. The SMILES string of the molecule is CCOCCNC(=O)c1cc(C)ccc1O. The van der Waals surface area contributed by atoms with Crippen LogP contribution in [-0.2, 0) is 4.74 Å². The number of phenols is 1. The van der Waals surface area contributed by atoms with Gasteiger partial charge >= 0.3 is 0 Å². The quantitative estimate of drug-likeness (QED) is 0.743. The first-order chi connectivity index (χ1) is 7.65. The highest BCUT2D eigenvalue weighted by atomic mass is 16.5. The highest BCUT2D eigenvalue weighted by Gasteiger charge is 2.10. The zero-order valence-corrected chi connectivity index (χ0v) is 9.62. The molecule has 1 rings (SSSR count). The van der Waals surface area contributed by atoms with Crippen molar-refractivity contribution in [3.05, 3.63) is 29.3 Å². The molecule has 0 fully saturated rings. The summed E-state index contributed by atoms with van der Waals surface area (Å²) in [5, 5.41) is 12.2. The van der Waals surface area contributed by atoms with E-state index in [1.54, 1.807) is 12.1 Å². The van der Waals surface area contributed by atoms with Crippen molar-refractivity contribution in [3.8, 4) is 5.75 Å². The number of aromatic hydroxyl groups is 1. The van der Waals surface area contributed by atoms with Gasteiger partial charge in [0.05, 0.1) is 12.2 Å². The van der Waals surface area contributed by atoms with Crippen molar-refractivity contribution < 1.29 is 14.6 Å². The molecule has 0 radical (unpaired) electrons. The summed E-state index contributed by atoms with van der Waals surface area (Å²) < 4.78 is 5.10. The Morgan fingerprint density at radius 2 is 2.25 bits per heavy atom. The van der Waals surface area contributed by atoms with Crippen LogP contribution in [0.4, 0.5) is 0 Å². The third kappa shape index (κ3) is 3.55. The van der Waals surface area contributed by atoms with Crippen LogP contribution in [0, 0.1) is 6.92 Å². The van der Waals surface area contributed by atoms with Gasteiger partial charge in [0, 0.05) is 13.2 Å². The molecular formula is C12H17NO3. The van der Waals surface area contributed by atoms with Gasteiger partial charge in [-0.3, -0.25) is 4.79 Å². The number of phenolic OH excluding ortho intramolecular Hbond substituents is 1. The van der Waals surface area contributed by atoms with E-state index in [0.29, 0.717) is 25.3 Å². The van der Waals surface area contributed by atoms with Crippen molar-refractivity contribution >= 4 is 5.91 Å². The monoisotopic (exact) mass is 223 g/mol. The predicted molar refractivity (Wildman–Crippen MR) is 61.7 cm³/mol. The second kappa shape index (κ2) is 6.12. The summed E-state index contributed by atoms with van der Waals surface area (Å²) in [5.74, 6) is -0.277. The van der Waals surface area contributed by atoms with E-state index in [4.69, 9.17) is 4.74 Å². The molecule has 0 spiro atoms.